The number of hydrogen-bond donors (Lipinski definition) is 2. The Hall–Kier alpha value is -1.50. The molecule has 0 aliphatic carbocycles. The first-order valence-electron chi connectivity index (χ1n) is 7.58. The van der Waals surface area contributed by atoms with Gasteiger partial charge in [-0.2, -0.15) is 10.2 Å². The maximum atomic E-state index is 6.23. The predicted molar refractivity (Wildman–Crippen MR) is 81.8 cm³/mol. The first kappa shape index (κ1) is 14.4. The van der Waals surface area contributed by atoms with Crippen molar-refractivity contribution in [1.82, 2.24) is 14.8 Å². The van der Waals surface area contributed by atoms with Crippen molar-refractivity contribution < 1.29 is 4.74 Å². The number of nitrogens with zero attached hydrogens (tertiary/aromatic N) is 3. The van der Waals surface area contributed by atoms with Gasteiger partial charge in [0.2, 0.25) is 0 Å². The largest absolute Gasteiger partial charge is 0.378 e. The third-order valence-corrected chi connectivity index (χ3v) is 4.19. The van der Waals surface area contributed by atoms with E-state index in [1.807, 2.05) is 0 Å². The zero-order valence-electron chi connectivity index (χ0n) is 12.5. The highest BCUT2D eigenvalue weighted by atomic mass is 16.5. The minimum Gasteiger partial charge on any atom is -0.378 e. The van der Waals surface area contributed by atoms with E-state index < -0.39 is 0 Å². The Morgan fingerprint density at radius 3 is 3.00 bits per heavy atom. The fourth-order valence-electron chi connectivity index (χ4n) is 3.19. The van der Waals surface area contributed by atoms with E-state index in [2.05, 4.69) is 20.8 Å². The van der Waals surface area contributed by atoms with E-state index in [4.69, 9.17) is 16.2 Å². The predicted octanol–water partition coefficient (Wildman–Crippen LogP) is 1.26. The van der Waals surface area contributed by atoms with Crippen molar-refractivity contribution in [3.63, 3.8) is 0 Å². The molecule has 1 aliphatic heterocycles. The van der Waals surface area contributed by atoms with Crippen molar-refractivity contribution in [2.75, 3.05) is 13.7 Å². The van der Waals surface area contributed by atoms with E-state index in [-0.39, 0.29) is 6.04 Å². The maximum Gasteiger partial charge on any atom is 0.113 e. The van der Waals surface area contributed by atoms with Gasteiger partial charge in [0.05, 0.1) is 23.9 Å². The van der Waals surface area contributed by atoms with E-state index in [0.29, 0.717) is 19.6 Å². The van der Waals surface area contributed by atoms with Crippen molar-refractivity contribution in [2.24, 2.45) is 11.5 Å². The molecule has 21 heavy (non-hydrogen) atoms. The Kier molecular flexibility index (Phi) is 4.19. The first-order valence-corrected chi connectivity index (χ1v) is 7.58. The van der Waals surface area contributed by atoms with Crippen LogP contribution >= 0.6 is 0 Å². The lowest BCUT2D eigenvalue weighted by molar-refractivity contribution is 0.181. The van der Waals surface area contributed by atoms with Crippen molar-refractivity contribution in [3.8, 4) is 0 Å². The van der Waals surface area contributed by atoms with Crippen molar-refractivity contribution in [1.29, 1.82) is 0 Å². The Balaban J connectivity index is 2.18. The zero-order chi connectivity index (χ0) is 14.8. The van der Waals surface area contributed by atoms with Crippen LogP contribution < -0.4 is 11.5 Å². The van der Waals surface area contributed by atoms with E-state index in [0.717, 1.165) is 35.3 Å². The van der Waals surface area contributed by atoms with Gasteiger partial charge in [-0.15, -0.1) is 0 Å². The standard InChI is InChI=1S/C15H23N5O/c1-21-9-13-15-11(8-10-4-2-3-7-20(10)15)14(19-18-13)12(17)5-6-16/h8,12H,2-7,9,16-17H2,1H3. The molecule has 4 N–H and O–H groups in total. The van der Waals surface area contributed by atoms with Crippen LogP contribution in [0.15, 0.2) is 6.07 Å². The molecule has 0 bridgehead atoms. The van der Waals surface area contributed by atoms with Crippen LogP contribution in [0.1, 0.15) is 42.4 Å². The third-order valence-electron chi connectivity index (χ3n) is 4.19. The Labute approximate surface area is 124 Å². The molecule has 3 heterocycles. The molecule has 0 spiro atoms. The molecule has 1 unspecified atom stereocenters. The summed E-state index contributed by atoms with van der Waals surface area (Å²) >= 11 is 0. The number of methoxy groups -OCH3 is 1. The highest BCUT2D eigenvalue weighted by molar-refractivity contribution is 5.85. The van der Waals surface area contributed by atoms with Crippen LogP contribution in [0, 0.1) is 0 Å². The monoisotopic (exact) mass is 289 g/mol. The SMILES string of the molecule is COCc1nnc(C(N)CCN)c2cc3n(c12)CCCC3. The maximum absolute atomic E-state index is 6.23. The van der Waals surface area contributed by atoms with Crippen LogP contribution in [0.2, 0.25) is 0 Å². The summed E-state index contributed by atoms with van der Waals surface area (Å²) < 4.78 is 7.64. The summed E-state index contributed by atoms with van der Waals surface area (Å²) in [6.45, 7) is 2.06. The lowest BCUT2D eigenvalue weighted by atomic mass is 10.1. The van der Waals surface area contributed by atoms with Crippen LogP contribution in [0.5, 0.6) is 0 Å². The quantitative estimate of drug-likeness (QED) is 0.864. The molecule has 114 valence electrons. The van der Waals surface area contributed by atoms with Gasteiger partial charge in [-0.05, 0) is 38.3 Å². The summed E-state index contributed by atoms with van der Waals surface area (Å²) in [6, 6.07) is 2.07. The van der Waals surface area contributed by atoms with Gasteiger partial charge in [0, 0.05) is 24.7 Å². The highest BCUT2D eigenvalue weighted by Gasteiger charge is 2.22. The average molecular weight is 289 g/mol. The fourth-order valence-corrected chi connectivity index (χ4v) is 3.19. The van der Waals surface area contributed by atoms with E-state index in [1.54, 1.807) is 7.11 Å². The van der Waals surface area contributed by atoms with Crippen LogP contribution in [0.3, 0.4) is 0 Å². The topological polar surface area (TPSA) is 92.0 Å². The number of ether oxygens (including phenoxy) is 1. The van der Waals surface area contributed by atoms with Gasteiger partial charge in [0.15, 0.2) is 0 Å². The van der Waals surface area contributed by atoms with Crippen molar-refractivity contribution in [2.45, 2.75) is 44.9 Å². The molecule has 6 heteroatoms. The smallest absolute Gasteiger partial charge is 0.113 e. The van der Waals surface area contributed by atoms with Gasteiger partial charge in [0.1, 0.15) is 5.69 Å². The van der Waals surface area contributed by atoms with Crippen LogP contribution in [0.4, 0.5) is 0 Å². The van der Waals surface area contributed by atoms with Crippen LogP contribution in [-0.4, -0.2) is 28.4 Å². The summed E-state index contributed by atoms with van der Waals surface area (Å²) in [7, 11) is 1.68. The van der Waals surface area contributed by atoms with Gasteiger partial charge >= 0.3 is 0 Å². The molecule has 2 aromatic rings. The zero-order valence-corrected chi connectivity index (χ0v) is 12.5. The summed E-state index contributed by atoms with van der Waals surface area (Å²) in [5.74, 6) is 0. The second-order valence-corrected chi connectivity index (χ2v) is 5.66. The van der Waals surface area contributed by atoms with Gasteiger partial charge in [-0.25, -0.2) is 0 Å². The molecule has 0 aromatic carbocycles. The highest BCUT2D eigenvalue weighted by Crippen LogP contribution is 2.31. The minimum absolute atomic E-state index is 0.161. The van der Waals surface area contributed by atoms with Crippen LogP contribution in [0.25, 0.3) is 10.9 Å². The average Bonchev–Trinajstić information content (AvgIpc) is 2.87. The molecule has 6 nitrogen and oxygen atoms in total. The van der Waals surface area contributed by atoms with E-state index in [9.17, 15) is 0 Å². The minimum atomic E-state index is -0.161. The molecule has 0 amide bonds. The molecular formula is C15H23N5O. The molecular weight excluding hydrogens is 266 g/mol. The molecule has 0 saturated heterocycles. The second-order valence-electron chi connectivity index (χ2n) is 5.66. The number of aryl methyl sites for hydroxylation is 2. The molecule has 2 aromatic heterocycles. The normalized spacial score (nSPS) is 16.1. The van der Waals surface area contributed by atoms with Gasteiger partial charge in [-0.3, -0.25) is 0 Å². The first-order chi connectivity index (χ1) is 10.3. The number of nitrogens with two attached hydrogens (primary N) is 2. The molecule has 0 fully saturated rings. The van der Waals surface area contributed by atoms with Gasteiger partial charge in [-0.1, -0.05) is 0 Å². The number of aromatic nitrogens is 3. The second kappa shape index (κ2) is 6.09. The van der Waals surface area contributed by atoms with Crippen molar-refractivity contribution in [3.05, 3.63) is 23.1 Å². The Morgan fingerprint density at radius 2 is 2.24 bits per heavy atom. The molecule has 1 atom stereocenters. The number of rotatable bonds is 5. The van der Waals surface area contributed by atoms with E-state index in [1.165, 1.54) is 18.5 Å². The lowest BCUT2D eigenvalue weighted by Gasteiger charge is -2.17. The molecule has 0 radical (unpaired) electrons. The number of hydrogen-bond acceptors (Lipinski definition) is 5. The summed E-state index contributed by atoms with van der Waals surface area (Å²) in [5.41, 5.74) is 16.1. The summed E-state index contributed by atoms with van der Waals surface area (Å²) in [4.78, 5) is 0. The molecule has 1 aliphatic rings. The van der Waals surface area contributed by atoms with Crippen molar-refractivity contribution >= 4 is 10.9 Å². The fraction of sp³-hybridized carbons (Fsp3) is 0.600. The Morgan fingerprint density at radius 1 is 1.38 bits per heavy atom. The lowest BCUT2D eigenvalue weighted by Crippen LogP contribution is -2.18. The van der Waals surface area contributed by atoms with Gasteiger partial charge < -0.3 is 20.8 Å². The summed E-state index contributed by atoms with van der Waals surface area (Å²) in [6.07, 6.45) is 4.26. The summed E-state index contributed by atoms with van der Waals surface area (Å²) in [5, 5.41) is 9.85. The molecule has 0 saturated carbocycles. The van der Waals surface area contributed by atoms with E-state index >= 15 is 0 Å². The molecule has 3 rings (SSSR count). The Bertz CT molecular complexity index is 637. The third kappa shape index (κ3) is 2.54. The van der Waals surface area contributed by atoms with Gasteiger partial charge in [0.25, 0.3) is 0 Å². The van der Waals surface area contributed by atoms with Crippen LogP contribution in [-0.2, 0) is 24.3 Å². The number of fused-ring (bicyclic) bond motifs is 3.